The first-order valence-electron chi connectivity index (χ1n) is 13.1. The Morgan fingerprint density at radius 1 is 0.921 bits per heavy atom. The molecule has 2 aliphatic rings. The average molecular weight is 537 g/mol. The molecule has 2 amide bonds. The SMILES string of the molecule is COc1ccc(CN2CCN(C(=O)c3csc(C4CCN(C(=O)Cc5ccc(F)cc5)CC4)n3)CC2)cc1. The molecule has 9 heteroatoms. The molecule has 0 spiro atoms. The smallest absolute Gasteiger partial charge is 0.273 e. The average Bonchev–Trinajstić information content (AvgIpc) is 3.45. The van der Waals surface area contributed by atoms with E-state index in [-0.39, 0.29) is 30.0 Å². The Bertz CT molecular complexity index is 1230. The van der Waals surface area contributed by atoms with Crippen molar-refractivity contribution in [3.8, 4) is 5.75 Å². The lowest BCUT2D eigenvalue weighted by Gasteiger charge is -2.34. The minimum atomic E-state index is -0.296. The van der Waals surface area contributed by atoms with E-state index in [9.17, 15) is 14.0 Å². The topological polar surface area (TPSA) is 66.0 Å². The number of carbonyl (C=O) groups excluding carboxylic acids is 2. The first-order valence-corrected chi connectivity index (χ1v) is 14.0. The first kappa shape index (κ1) is 26.3. The van der Waals surface area contributed by atoms with Crippen molar-refractivity contribution in [1.82, 2.24) is 19.7 Å². The Kier molecular flexibility index (Phi) is 8.34. The maximum absolute atomic E-state index is 13.1. The lowest BCUT2D eigenvalue weighted by Crippen LogP contribution is -2.48. The van der Waals surface area contributed by atoms with Crippen LogP contribution in [0.3, 0.4) is 0 Å². The van der Waals surface area contributed by atoms with Crippen LogP contribution in [-0.4, -0.2) is 77.9 Å². The Labute approximate surface area is 226 Å². The molecule has 0 radical (unpaired) electrons. The van der Waals surface area contributed by atoms with E-state index in [1.807, 2.05) is 27.3 Å². The highest BCUT2D eigenvalue weighted by molar-refractivity contribution is 7.09. The Hall–Kier alpha value is -3.30. The molecule has 2 aromatic carbocycles. The number of piperidine rings is 1. The van der Waals surface area contributed by atoms with Crippen molar-refractivity contribution in [3.05, 3.63) is 81.6 Å². The molecule has 2 aliphatic heterocycles. The lowest BCUT2D eigenvalue weighted by atomic mass is 9.97. The van der Waals surface area contributed by atoms with E-state index in [1.165, 1.54) is 17.7 Å². The molecule has 2 fully saturated rings. The number of aromatic nitrogens is 1. The van der Waals surface area contributed by atoms with E-state index >= 15 is 0 Å². The normalized spacial score (nSPS) is 17.0. The van der Waals surface area contributed by atoms with Gasteiger partial charge in [-0.25, -0.2) is 9.37 Å². The number of hydrogen-bond donors (Lipinski definition) is 0. The molecular weight excluding hydrogens is 503 g/mol. The number of thiazole rings is 1. The Balaban J connectivity index is 1.08. The second-order valence-corrected chi connectivity index (χ2v) is 10.8. The van der Waals surface area contributed by atoms with Gasteiger partial charge in [0.05, 0.1) is 18.5 Å². The van der Waals surface area contributed by atoms with Crippen molar-refractivity contribution < 1.29 is 18.7 Å². The maximum atomic E-state index is 13.1. The zero-order valence-electron chi connectivity index (χ0n) is 21.6. The van der Waals surface area contributed by atoms with Crippen LogP contribution in [0.1, 0.15) is 45.4 Å². The van der Waals surface area contributed by atoms with Gasteiger partial charge in [0.1, 0.15) is 17.3 Å². The second-order valence-electron chi connectivity index (χ2n) is 9.95. The van der Waals surface area contributed by atoms with Crippen molar-refractivity contribution >= 4 is 23.2 Å². The highest BCUT2D eigenvalue weighted by Crippen LogP contribution is 2.31. The van der Waals surface area contributed by atoms with Crippen molar-refractivity contribution in [3.63, 3.8) is 0 Å². The summed E-state index contributed by atoms with van der Waals surface area (Å²) < 4.78 is 18.4. The summed E-state index contributed by atoms with van der Waals surface area (Å²) in [4.78, 5) is 36.7. The molecule has 5 rings (SSSR count). The van der Waals surface area contributed by atoms with Crippen LogP contribution in [0, 0.1) is 5.82 Å². The second kappa shape index (κ2) is 12.0. The monoisotopic (exact) mass is 536 g/mol. The van der Waals surface area contributed by atoms with Crippen molar-refractivity contribution in [1.29, 1.82) is 0 Å². The van der Waals surface area contributed by atoms with Gasteiger partial charge in [0.25, 0.3) is 5.91 Å². The van der Waals surface area contributed by atoms with Crippen LogP contribution in [0.4, 0.5) is 4.39 Å². The van der Waals surface area contributed by atoms with Crippen molar-refractivity contribution in [2.75, 3.05) is 46.4 Å². The molecule has 3 heterocycles. The van der Waals surface area contributed by atoms with Crippen LogP contribution in [0.25, 0.3) is 0 Å². The number of ether oxygens (including phenoxy) is 1. The zero-order chi connectivity index (χ0) is 26.5. The van der Waals surface area contributed by atoms with Gasteiger partial charge >= 0.3 is 0 Å². The standard InChI is InChI=1S/C29H33FN4O3S/c1-37-25-8-4-22(5-9-25)19-32-14-16-34(17-15-32)29(36)26-20-38-28(31-26)23-10-12-33(13-11-23)27(35)18-21-2-6-24(30)7-3-21/h2-9,20,23H,10-19H2,1H3. The van der Waals surface area contributed by atoms with E-state index in [0.717, 1.165) is 48.8 Å². The van der Waals surface area contributed by atoms with Gasteiger partial charge in [-0.05, 0) is 48.2 Å². The highest BCUT2D eigenvalue weighted by atomic mass is 32.1. The van der Waals surface area contributed by atoms with E-state index in [4.69, 9.17) is 9.72 Å². The Morgan fingerprint density at radius 2 is 1.58 bits per heavy atom. The number of amides is 2. The first-order chi connectivity index (χ1) is 18.5. The molecule has 0 saturated carbocycles. The molecule has 1 aromatic heterocycles. The Morgan fingerprint density at radius 3 is 2.24 bits per heavy atom. The van der Waals surface area contributed by atoms with Gasteiger partial charge in [-0.3, -0.25) is 14.5 Å². The molecule has 0 bridgehead atoms. The van der Waals surface area contributed by atoms with Gasteiger partial charge in [0.15, 0.2) is 0 Å². The van der Waals surface area contributed by atoms with Gasteiger partial charge in [-0.15, -0.1) is 11.3 Å². The quantitative estimate of drug-likeness (QED) is 0.453. The predicted molar refractivity (Wildman–Crippen MR) is 145 cm³/mol. The zero-order valence-corrected chi connectivity index (χ0v) is 22.5. The van der Waals surface area contributed by atoms with E-state index in [1.54, 1.807) is 30.6 Å². The molecule has 0 aliphatic carbocycles. The van der Waals surface area contributed by atoms with Crippen LogP contribution in [0.5, 0.6) is 5.75 Å². The third-order valence-electron chi connectivity index (χ3n) is 7.43. The molecule has 7 nitrogen and oxygen atoms in total. The van der Waals surface area contributed by atoms with Gasteiger partial charge in [-0.2, -0.15) is 0 Å². The minimum Gasteiger partial charge on any atom is -0.497 e. The summed E-state index contributed by atoms with van der Waals surface area (Å²) in [7, 11) is 1.67. The largest absolute Gasteiger partial charge is 0.497 e. The number of nitrogens with zero attached hydrogens (tertiary/aromatic N) is 4. The minimum absolute atomic E-state index is 0.00325. The van der Waals surface area contributed by atoms with Crippen LogP contribution in [0.15, 0.2) is 53.9 Å². The van der Waals surface area contributed by atoms with Gasteiger partial charge in [0.2, 0.25) is 5.91 Å². The van der Waals surface area contributed by atoms with E-state index in [2.05, 4.69) is 17.0 Å². The molecule has 0 N–H and O–H groups in total. The molecule has 38 heavy (non-hydrogen) atoms. The number of carbonyl (C=O) groups is 2. The summed E-state index contributed by atoms with van der Waals surface area (Å²) in [5.41, 5.74) is 2.59. The van der Waals surface area contributed by atoms with Crippen LogP contribution >= 0.6 is 11.3 Å². The predicted octanol–water partition coefficient (Wildman–Crippen LogP) is 4.20. The third kappa shape index (κ3) is 6.39. The molecule has 0 atom stereocenters. The summed E-state index contributed by atoms with van der Waals surface area (Å²) in [6, 6.07) is 14.2. The summed E-state index contributed by atoms with van der Waals surface area (Å²) in [6.07, 6.45) is 1.95. The number of halogens is 1. The number of methoxy groups -OCH3 is 1. The van der Waals surface area contributed by atoms with E-state index < -0.39 is 0 Å². The van der Waals surface area contributed by atoms with Gasteiger partial charge < -0.3 is 14.5 Å². The number of likely N-dealkylation sites (tertiary alicyclic amines) is 1. The number of benzene rings is 2. The molecule has 3 aromatic rings. The number of piperazine rings is 1. The molecular formula is C29H33FN4O3S. The summed E-state index contributed by atoms with van der Waals surface area (Å²) in [5.74, 6) is 0.889. The number of rotatable bonds is 7. The summed E-state index contributed by atoms with van der Waals surface area (Å²) in [5, 5.41) is 2.87. The highest BCUT2D eigenvalue weighted by Gasteiger charge is 2.28. The lowest BCUT2D eigenvalue weighted by molar-refractivity contribution is -0.131. The summed E-state index contributed by atoms with van der Waals surface area (Å²) >= 11 is 1.55. The van der Waals surface area contributed by atoms with Crippen LogP contribution in [-0.2, 0) is 17.8 Å². The van der Waals surface area contributed by atoms with E-state index in [0.29, 0.717) is 31.9 Å². The maximum Gasteiger partial charge on any atom is 0.273 e. The molecule has 2 saturated heterocycles. The molecule has 0 unspecified atom stereocenters. The fraction of sp³-hybridized carbons (Fsp3) is 0.414. The molecule has 200 valence electrons. The number of hydrogen-bond acceptors (Lipinski definition) is 6. The van der Waals surface area contributed by atoms with Crippen LogP contribution in [0.2, 0.25) is 0 Å². The van der Waals surface area contributed by atoms with Crippen LogP contribution < -0.4 is 4.74 Å². The fourth-order valence-electron chi connectivity index (χ4n) is 5.10. The third-order valence-corrected chi connectivity index (χ3v) is 8.44. The van der Waals surface area contributed by atoms with Gasteiger partial charge in [0, 0.05) is 57.1 Å². The van der Waals surface area contributed by atoms with Gasteiger partial charge in [-0.1, -0.05) is 24.3 Å². The van der Waals surface area contributed by atoms with Crippen molar-refractivity contribution in [2.45, 2.75) is 31.7 Å². The summed E-state index contributed by atoms with van der Waals surface area (Å²) in [6.45, 7) is 5.25. The fourth-order valence-corrected chi connectivity index (χ4v) is 6.06. The van der Waals surface area contributed by atoms with Crippen molar-refractivity contribution in [2.24, 2.45) is 0 Å².